The van der Waals surface area contributed by atoms with Gasteiger partial charge in [-0.15, -0.1) is 0 Å². The van der Waals surface area contributed by atoms with Crippen molar-refractivity contribution in [2.24, 2.45) is 0 Å². The molecule has 1 aliphatic rings. The van der Waals surface area contributed by atoms with Crippen molar-refractivity contribution in [3.8, 4) is 0 Å². The predicted octanol–water partition coefficient (Wildman–Crippen LogP) is 1.78. The smallest absolute Gasteiger partial charge is 0.326 e. The molecule has 0 aromatic heterocycles. The Labute approximate surface area is 122 Å². The van der Waals surface area contributed by atoms with Gasteiger partial charge in [0.05, 0.1) is 0 Å². The quantitative estimate of drug-likeness (QED) is 0.668. The maximum atomic E-state index is 11.8. The number of aliphatic carboxylic acids is 1. The van der Waals surface area contributed by atoms with E-state index in [2.05, 4.69) is 10.6 Å². The van der Waals surface area contributed by atoms with E-state index < -0.39 is 12.0 Å². The van der Waals surface area contributed by atoms with Crippen molar-refractivity contribution in [1.29, 1.82) is 0 Å². The maximum absolute atomic E-state index is 11.8. The molecule has 110 valence electrons. The number of rotatable bonds is 7. The maximum Gasteiger partial charge on any atom is 0.326 e. The van der Waals surface area contributed by atoms with Crippen LogP contribution in [0.25, 0.3) is 0 Å². The van der Waals surface area contributed by atoms with Gasteiger partial charge in [-0.2, -0.15) is 23.5 Å². The van der Waals surface area contributed by atoms with E-state index in [-0.39, 0.29) is 12.1 Å². The Morgan fingerprint density at radius 2 is 2.11 bits per heavy atom. The number of carboxylic acid groups (broad SMARTS) is 1. The van der Waals surface area contributed by atoms with E-state index in [4.69, 9.17) is 5.11 Å². The van der Waals surface area contributed by atoms with Gasteiger partial charge in [-0.25, -0.2) is 9.59 Å². The highest BCUT2D eigenvalue weighted by Crippen LogP contribution is 2.28. The molecule has 2 unspecified atom stereocenters. The summed E-state index contributed by atoms with van der Waals surface area (Å²) in [7, 11) is 0. The van der Waals surface area contributed by atoms with Crippen molar-refractivity contribution in [3.05, 3.63) is 0 Å². The molecule has 1 fully saturated rings. The number of thioether (sulfide) groups is 2. The molecule has 0 saturated heterocycles. The lowest BCUT2D eigenvalue weighted by Crippen LogP contribution is -2.50. The average molecular weight is 306 g/mol. The Hall–Kier alpha value is -0.560. The Kier molecular flexibility index (Phi) is 7.45. The number of carboxylic acids is 1. The number of hydrogen-bond donors (Lipinski definition) is 3. The molecule has 1 aliphatic carbocycles. The van der Waals surface area contributed by atoms with Crippen molar-refractivity contribution >= 4 is 35.5 Å². The van der Waals surface area contributed by atoms with Gasteiger partial charge in [-0.05, 0) is 37.5 Å². The summed E-state index contributed by atoms with van der Waals surface area (Å²) in [5.41, 5.74) is 0. The van der Waals surface area contributed by atoms with Gasteiger partial charge in [-0.1, -0.05) is 6.42 Å². The second kappa shape index (κ2) is 8.58. The van der Waals surface area contributed by atoms with Gasteiger partial charge < -0.3 is 15.7 Å². The summed E-state index contributed by atoms with van der Waals surface area (Å²) in [6, 6.07) is -1.01. The summed E-state index contributed by atoms with van der Waals surface area (Å²) in [5, 5.41) is 14.9. The van der Waals surface area contributed by atoms with Gasteiger partial charge in [0.15, 0.2) is 0 Å². The first kappa shape index (κ1) is 16.5. The normalized spacial score (nSPS) is 23.9. The van der Waals surface area contributed by atoms with Crippen molar-refractivity contribution in [2.75, 3.05) is 18.3 Å². The third-order valence-corrected chi connectivity index (χ3v) is 5.10. The number of amides is 2. The fourth-order valence-electron chi connectivity index (χ4n) is 2.23. The third-order valence-electron chi connectivity index (χ3n) is 3.29. The number of urea groups is 1. The molecule has 5 nitrogen and oxygen atoms in total. The zero-order valence-electron chi connectivity index (χ0n) is 11.3. The molecule has 1 saturated carbocycles. The molecule has 3 N–H and O–H groups in total. The van der Waals surface area contributed by atoms with Gasteiger partial charge in [-0.3, -0.25) is 0 Å². The summed E-state index contributed by atoms with van der Waals surface area (Å²) in [4.78, 5) is 22.9. The lowest BCUT2D eigenvalue weighted by molar-refractivity contribution is -0.139. The van der Waals surface area contributed by atoms with E-state index in [0.717, 1.165) is 19.3 Å². The first-order chi connectivity index (χ1) is 9.08. The fourth-order valence-corrected chi connectivity index (χ4v) is 3.64. The zero-order chi connectivity index (χ0) is 14.3. The first-order valence-corrected chi connectivity index (χ1v) is 9.08. The summed E-state index contributed by atoms with van der Waals surface area (Å²) in [5.74, 6) is -0.259. The van der Waals surface area contributed by atoms with Crippen LogP contribution >= 0.6 is 23.5 Å². The van der Waals surface area contributed by atoms with Crippen LogP contribution in [0.4, 0.5) is 4.79 Å². The van der Waals surface area contributed by atoms with Gasteiger partial charge in [0.1, 0.15) is 6.04 Å². The highest BCUT2D eigenvalue weighted by atomic mass is 32.2. The Bertz CT molecular complexity index is 315. The Morgan fingerprint density at radius 1 is 1.37 bits per heavy atom. The Balaban J connectivity index is 2.41. The van der Waals surface area contributed by atoms with Crippen LogP contribution < -0.4 is 10.6 Å². The molecule has 0 aromatic carbocycles. The zero-order valence-corrected chi connectivity index (χ0v) is 13.0. The second-order valence-electron chi connectivity index (χ2n) is 4.60. The van der Waals surface area contributed by atoms with E-state index in [1.165, 1.54) is 0 Å². The number of nitrogens with one attached hydrogen (secondary N) is 2. The van der Waals surface area contributed by atoms with Gasteiger partial charge >= 0.3 is 12.0 Å². The third kappa shape index (κ3) is 5.52. The lowest BCUT2D eigenvalue weighted by atomic mass is 10.2. The molecule has 0 heterocycles. The molecular formula is C12H22N2O3S2. The monoisotopic (exact) mass is 306 g/mol. The topological polar surface area (TPSA) is 78.4 Å². The van der Waals surface area contributed by atoms with E-state index in [1.807, 2.05) is 12.5 Å². The minimum atomic E-state index is -0.975. The van der Waals surface area contributed by atoms with Gasteiger partial charge in [0, 0.05) is 11.3 Å². The molecule has 2 amide bonds. The highest BCUT2D eigenvalue weighted by Gasteiger charge is 2.29. The number of hydrogen-bond acceptors (Lipinski definition) is 4. The summed E-state index contributed by atoms with van der Waals surface area (Å²) >= 11 is 3.33. The van der Waals surface area contributed by atoms with E-state index in [9.17, 15) is 9.59 Å². The van der Waals surface area contributed by atoms with Gasteiger partial charge in [0.2, 0.25) is 0 Å². The molecule has 0 spiro atoms. The van der Waals surface area contributed by atoms with Crippen molar-refractivity contribution in [2.45, 2.75) is 43.0 Å². The van der Waals surface area contributed by atoms with Crippen LogP contribution in [0.1, 0.15) is 25.7 Å². The van der Waals surface area contributed by atoms with E-state index in [0.29, 0.717) is 17.4 Å². The number of carbonyl (C=O) groups excluding carboxylic acids is 1. The molecule has 3 atom stereocenters. The molecule has 19 heavy (non-hydrogen) atoms. The SMILES string of the molecule is CSCC[C@@H](NC(=O)NC1CCCC1SC)C(=O)O. The van der Waals surface area contributed by atoms with E-state index in [1.54, 1.807) is 23.5 Å². The first-order valence-electron chi connectivity index (χ1n) is 6.40. The van der Waals surface area contributed by atoms with Crippen LogP contribution in [-0.4, -0.2) is 52.7 Å². The molecule has 1 rings (SSSR count). The van der Waals surface area contributed by atoms with Crippen molar-refractivity contribution in [3.63, 3.8) is 0 Å². The van der Waals surface area contributed by atoms with Crippen LogP contribution in [0.5, 0.6) is 0 Å². The van der Waals surface area contributed by atoms with Crippen LogP contribution in [0.3, 0.4) is 0 Å². The van der Waals surface area contributed by atoms with Crippen LogP contribution in [0.2, 0.25) is 0 Å². The van der Waals surface area contributed by atoms with Crippen LogP contribution in [-0.2, 0) is 4.79 Å². The van der Waals surface area contributed by atoms with Gasteiger partial charge in [0.25, 0.3) is 0 Å². The molecular weight excluding hydrogens is 284 g/mol. The lowest BCUT2D eigenvalue weighted by Gasteiger charge is -2.21. The second-order valence-corrected chi connectivity index (χ2v) is 6.66. The standard InChI is InChI=1S/C12H22N2O3S2/c1-18-7-6-9(11(15)16)14-12(17)13-8-4-3-5-10(8)19-2/h8-10H,3-7H2,1-2H3,(H,15,16)(H2,13,14,17)/t8?,9-,10?/m1/s1. The fraction of sp³-hybridized carbons (Fsp3) is 0.833. The summed E-state index contributed by atoms with van der Waals surface area (Å²) in [6.07, 6.45) is 7.61. The largest absolute Gasteiger partial charge is 0.480 e. The highest BCUT2D eigenvalue weighted by molar-refractivity contribution is 7.99. The summed E-state index contributed by atoms with van der Waals surface area (Å²) < 4.78 is 0. The molecule has 0 radical (unpaired) electrons. The average Bonchev–Trinajstić information content (AvgIpc) is 2.81. The van der Waals surface area contributed by atoms with Crippen LogP contribution in [0, 0.1) is 0 Å². The molecule has 7 heteroatoms. The van der Waals surface area contributed by atoms with Crippen molar-refractivity contribution in [1.82, 2.24) is 10.6 Å². The summed E-state index contributed by atoms with van der Waals surface area (Å²) in [6.45, 7) is 0. The molecule has 0 aliphatic heterocycles. The van der Waals surface area contributed by atoms with Crippen LogP contribution in [0.15, 0.2) is 0 Å². The Morgan fingerprint density at radius 3 is 2.68 bits per heavy atom. The van der Waals surface area contributed by atoms with E-state index >= 15 is 0 Å². The number of carbonyl (C=O) groups is 2. The minimum absolute atomic E-state index is 0.157. The minimum Gasteiger partial charge on any atom is -0.480 e. The molecule has 0 bridgehead atoms. The van der Waals surface area contributed by atoms with Crippen molar-refractivity contribution < 1.29 is 14.7 Å². The predicted molar refractivity (Wildman–Crippen MR) is 81.0 cm³/mol. The molecule has 0 aromatic rings.